The first-order valence-corrected chi connectivity index (χ1v) is 20.3. The molecule has 1 aliphatic heterocycles. The van der Waals surface area contributed by atoms with Gasteiger partial charge in [-0.3, -0.25) is 0 Å². The van der Waals surface area contributed by atoms with Crippen LogP contribution in [0.25, 0.3) is 0 Å². The first-order valence-electron chi connectivity index (χ1n) is 7.85. The highest BCUT2D eigenvalue weighted by atomic mass is 35.9. The summed E-state index contributed by atoms with van der Waals surface area (Å²) in [5, 5.41) is 0.151. The largest absolute Gasteiger partial charge is 0.431 e. The summed E-state index contributed by atoms with van der Waals surface area (Å²) in [6.45, 7) is 8.34. The Morgan fingerprint density at radius 1 is 0.889 bits per heavy atom. The van der Waals surface area contributed by atoms with Crippen molar-refractivity contribution in [3.63, 3.8) is 0 Å². The van der Waals surface area contributed by atoms with Crippen LogP contribution in [-0.4, -0.2) is 8.32 Å². The minimum absolute atomic E-state index is 0.151. The Hall–Kier alpha value is 1.34. The summed E-state index contributed by atoms with van der Waals surface area (Å²) in [7, 11) is -1.82. The molecular formula is C13H21Cl5N3O2P3Si. The Morgan fingerprint density at radius 3 is 1.89 bits per heavy atom. The molecule has 0 fully saturated rings. The summed E-state index contributed by atoms with van der Waals surface area (Å²) in [6.07, 6.45) is 0. The van der Waals surface area contributed by atoms with E-state index in [2.05, 4.69) is 47.4 Å². The van der Waals surface area contributed by atoms with Crippen molar-refractivity contribution in [1.29, 1.82) is 0 Å². The maximum Gasteiger partial charge on any atom is 0.350 e. The zero-order valence-electron chi connectivity index (χ0n) is 15.4. The van der Waals surface area contributed by atoms with Crippen LogP contribution >= 0.6 is 74.8 Å². The predicted octanol–water partition coefficient (Wildman–Crippen LogP) is 10.6. The smallest absolute Gasteiger partial charge is 0.350 e. The number of benzene rings is 1. The topological polar surface area (TPSA) is 55.5 Å². The van der Waals surface area contributed by atoms with Crippen LogP contribution in [0.1, 0.15) is 26.3 Å². The summed E-state index contributed by atoms with van der Waals surface area (Å²) in [4.78, 5) is 0. The van der Waals surface area contributed by atoms with Gasteiger partial charge in [-0.25, -0.2) is 0 Å². The van der Waals surface area contributed by atoms with Crippen LogP contribution in [0.15, 0.2) is 37.8 Å². The molecule has 0 N–H and O–H groups in total. The Morgan fingerprint density at radius 2 is 1.41 bits per heavy atom. The van der Waals surface area contributed by atoms with E-state index in [0.717, 1.165) is 5.56 Å². The maximum atomic E-state index is 6.38. The molecule has 27 heavy (non-hydrogen) atoms. The molecule has 0 spiro atoms. The van der Waals surface area contributed by atoms with Crippen molar-refractivity contribution in [1.82, 2.24) is 0 Å². The van der Waals surface area contributed by atoms with Crippen LogP contribution in [0.3, 0.4) is 0 Å². The molecular weight excluding hydrogens is 528 g/mol. The number of hydrogen-bond acceptors (Lipinski definition) is 5. The Balaban J connectivity index is 2.14. The summed E-state index contributed by atoms with van der Waals surface area (Å²) in [5.74, 6) is -5.75. The van der Waals surface area contributed by atoms with Crippen LogP contribution < -0.4 is 4.52 Å². The minimum Gasteiger partial charge on any atom is -0.431 e. The van der Waals surface area contributed by atoms with Crippen molar-refractivity contribution in [2.24, 2.45) is 13.5 Å². The van der Waals surface area contributed by atoms with Crippen LogP contribution in [0, 0.1) is 0 Å². The molecule has 0 bridgehead atoms. The van der Waals surface area contributed by atoms with Crippen molar-refractivity contribution in [3.05, 3.63) is 29.8 Å². The van der Waals surface area contributed by atoms with E-state index >= 15 is 0 Å². The van der Waals surface area contributed by atoms with Crippen molar-refractivity contribution < 1.29 is 8.95 Å². The third-order valence-corrected chi connectivity index (χ3v) is 20.6. The molecule has 1 aliphatic rings. The Kier molecular flexibility index (Phi) is 7.71. The molecule has 154 valence electrons. The molecule has 2 rings (SSSR count). The predicted molar refractivity (Wildman–Crippen MR) is 126 cm³/mol. The summed E-state index contributed by atoms with van der Waals surface area (Å²) in [6, 6.07) is 7.31. The molecule has 0 saturated heterocycles. The standard InChI is InChI=1S/C13H21Cl5N3O2P3Si/c1-13(2,3)27(4,5)22-10-11-6-8-12(9-7-11)23-26(18)20-24(14,15)19-25(16,17)21-26/h6-9H,10H2,1-5H3. The molecule has 5 nitrogen and oxygen atoms in total. The maximum absolute atomic E-state index is 6.38. The van der Waals surface area contributed by atoms with Crippen molar-refractivity contribution in [3.8, 4) is 5.75 Å². The highest BCUT2D eigenvalue weighted by Gasteiger charge is 2.37. The zero-order valence-corrected chi connectivity index (χ0v) is 22.9. The average Bonchev–Trinajstić information content (AvgIpc) is 2.41. The van der Waals surface area contributed by atoms with Gasteiger partial charge in [0.05, 0.1) is 6.61 Å². The van der Waals surface area contributed by atoms with Crippen LogP contribution in [-0.2, 0) is 11.0 Å². The fraction of sp³-hybridized carbons (Fsp3) is 0.538. The molecule has 1 aromatic rings. The van der Waals surface area contributed by atoms with Crippen LogP contribution in [0.2, 0.25) is 18.1 Å². The van der Waals surface area contributed by atoms with Crippen molar-refractivity contribution in [2.75, 3.05) is 0 Å². The van der Waals surface area contributed by atoms with E-state index in [-0.39, 0.29) is 5.04 Å². The molecule has 0 amide bonds. The lowest BCUT2D eigenvalue weighted by molar-refractivity contribution is 0.276. The van der Waals surface area contributed by atoms with E-state index in [1.165, 1.54) is 0 Å². The number of rotatable bonds is 5. The van der Waals surface area contributed by atoms with Gasteiger partial charge in [-0.05, 0) is 92.0 Å². The number of nitrogens with zero attached hydrogens (tertiary/aromatic N) is 3. The van der Waals surface area contributed by atoms with Gasteiger partial charge in [-0.2, -0.15) is 13.5 Å². The molecule has 0 aliphatic carbocycles. The van der Waals surface area contributed by atoms with Crippen molar-refractivity contribution >= 4 is 83.1 Å². The normalized spacial score (nSPS) is 24.4. The van der Waals surface area contributed by atoms with Crippen LogP contribution in [0.5, 0.6) is 5.75 Å². The average molecular weight is 550 g/mol. The molecule has 1 unspecified atom stereocenters. The molecule has 1 heterocycles. The van der Waals surface area contributed by atoms with E-state index in [0.29, 0.717) is 12.4 Å². The highest BCUT2D eigenvalue weighted by molar-refractivity contribution is 8.22. The second-order valence-electron chi connectivity index (χ2n) is 7.44. The van der Waals surface area contributed by atoms with E-state index < -0.39 is 26.9 Å². The van der Waals surface area contributed by atoms with Gasteiger partial charge in [0.1, 0.15) is 5.75 Å². The van der Waals surface area contributed by atoms with E-state index in [4.69, 9.17) is 65.2 Å². The van der Waals surface area contributed by atoms with E-state index in [1.54, 1.807) is 12.1 Å². The highest BCUT2D eigenvalue weighted by Crippen LogP contribution is 2.86. The Labute approximate surface area is 185 Å². The lowest BCUT2D eigenvalue weighted by Crippen LogP contribution is -2.40. The minimum atomic E-state index is -3.23. The fourth-order valence-electron chi connectivity index (χ4n) is 1.75. The van der Waals surface area contributed by atoms with Gasteiger partial charge in [0.2, 0.25) is 0 Å². The number of hydrogen-bond donors (Lipinski definition) is 0. The van der Waals surface area contributed by atoms with Gasteiger partial charge in [0.15, 0.2) is 8.32 Å². The fourth-order valence-corrected chi connectivity index (χ4v) is 19.3. The van der Waals surface area contributed by atoms with Gasteiger partial charge < -0.3 is 8.95 Å². The molecule has 0 radical (unpaired) electrons. The van der Waals surface area contributed by atoms with Gasteiger partial charge in [-0.1, -0.05) is 32.9 Å². The SMILES string of the molecule is CC(C)(C)[Si](C)(C)OCc1ccc(OP2(Cl)=NP(Cl)(Cl)=NP(Cl)(Cl)=N2)cc1. The van der Waals surface area contributed by atoms with E-state index in [1.807, 2.05) is 12.1 Å². The van der Waals surface area contributed by atoms with Gasteiger partial charge in [-0.15, -0.1) is 0 Å². The second kappa shape index (κ2) is 8.46. The van der Waals surface area contributed by atoms with Crippen LogP contribution in [0.4, 0.5) is 0 Å². The number of halogens is 5. The van der Waals surface area contributed by atoms with Gasteiger partial charge >= 0.3 is 6.78 Å². The van der Waals surface area contributed by atoms with E-state index in [9.17, 15) is 0 Å². The second-order valence-corrected chi connectivity index (χ2v) is 25.4. The molecule has 0 aromatic heterocycles. The molecule has 1 aromatic carbocycles. The third kappa shape index (κ3) is 7.21. The lowest BCUT2D eigenvalue weighted by Gasteiger charge is -2.36. The first-order chi connectivity index (χ1) is 12.0. The van der Waals surface area contributed by atoms with Gasteiger partial charge in [0.25, 0.3) is 11.8 Å². The van der Waals surface area contributed by atoms with Gasteiger partial charge in [0, 0.05) is 0 Å². The summed E-state index contributed by atoms with van der Waals surface area (Å²) < 4.78 is 23.9. The quantitative estimate of drug-likeness (QED) is 0.271. The molecule has 14 heteroatoms. The first kappa shape index (κ1) is 24.6. The lowest BCUT2D eigenvalue weighted by atomic mass is 10.2. The monoisotopic (exact) mass is 547 g/mol. The summed E-state index contributed by atoms with van der Waals surface area (Å²) in [5.41, 5.74) is 1.02. The molecule has 0 saturated carbocycles. The molecule has 1 atom stereocenters. The Bertz CT molecular complexity index is 867. The third-order valence-electron chi connectivity index (χ3n) is 4.20. The summed E-state index contributed by atoms with van der Waals surface area (Å²) >= 11 is 30.6. The van der Waals surface area contributed by atoms with Crippen molar-refractivity contribution in [2.45, 2.75) is 45.5 Å². The zero-order chi connectivity index (χ0) is 20.7.